The molecule has 4 aromatic rings. The van der Waals surface area contributed by atoms with E-state index in [1.165, 1.54) is 17.4 Å². The minimum atomic E-state index is -0.514. The number of anilines is 1. The first-order valence-corrected chi connectivity index (χ1v) is 9.91. The maximum absolute atomic E-state index is 12.6. The second-order valence-electron chi connectivity index (χ2n) is 6.31. The Bertz CT molecular complexity index is 1240. The van der Waals surface area contributed by atoms with Gasteiger partial charge in [-0.1, -0.05) is 12.1 Å². The normalized spacial score (nSPS) is 10.8. The van der Waals surface area contributed by atoms with Crippen molar-refractivity contribution in [3.63, 3.8) is 0 Å². The van der Waals surface area contributed by atoms with Gasteiger partial charge in [-0.3, -0.25) is 14.9 Å². The smallest absolute Gasteiger partial charge is 0.293 e. The van der Waals surface area contributed by atoms with E-state index in [1.807, 2.05) is 38.1 Å². The molecule has 1 N–H and O–H groups in total. The van der Waals surface area contributed by atoms with Crippen molar-refractivity contribution in [3.8, 4) is 17.0 Å². The summed E-state index contributed by atoms with van der Waals surface area (Å²) >= 11 is 1.36. The monoisotopic (exact) mass is 406 g/mol. The molecule has 0 aliphatic rings. The van der Waals surface area contributed by atoms with Gasteiger partial charge in [0.2, 0.25) is 0 Å². The highest BCUT2D eigenvalue weighted by Gasteiger charge is 2.16. The Hall–Kier alpha value is -3.45. The van der Waals surface area contributed by atoms with Gasteiger partial charge in [-0.05, 0) is 50.2 Å². The molecule has 2 heterocycles. The summed E-state index contributed by atoms with van der Waals surface area (Å²) in [5, 5.41) is 3.60. The summed E-state index contributed by atoms with van der Waals surface area (Å²) in [5.41, 5.74) is 1.83. The molecule has 0 bridgehead atoms. The predicted octanol–water partition coefficient (Wildman–Crippen LogP) is 4.88. The van der Waals surface area contributed by atoms with E-state index < -0.39 is 5.91 Å². The molecular formula is C22H18N2O4S. The van der Waals surface area contributed by atoms with E-state index in [1.54, 1.807) is 24.3 Å². The van der Waals surface area contributed by atoms with Gasteiger partial charge in [0.1, 0.15) is 11.3 Å². The van der Waals surface area contributed by atoms with Crippen LogP contribution in [0.4, 0.5) is 5.13 Å². The number of carbonyl (C=O) groups excluding carboxylic acids is 1. The summed E-state index contributed by atoms with van der Waals surface area (Å²) in [7, 11) is 0. The first-order valence-electron chi connectivity index (χ1n) is 9.10. The van der Waals surface area contributed by atoms with Crippen molar-refractivity contribution in [3.05, 3.63) is 75.5 Å². The average molecular weight is 406 g/mol. The largest absolute Gasteiger partial charge is 0.494 e. The van der Waals surface area contributed by atoms with Crippen LogP contribution in [0.25, 0.3) is 22.2 Å². The summed E-state index contributed by atoms with van der Waals surface area (Å²) in [5.74, 6) is 0.230. The zero-order chi connectivity index (χ0) is 20.4. The Balaban J connectivity index is 1.58. The van der Waals surface area contributed by atoms with Gasteiger partial charge in [0, 0.05) is 16.5 Å². The lowest BCUT2D eigenvalue weighted by Gasteiger charge is -2.04. The molecule has 2 aromatic carbocycles. The van der Waals surface area contributed by atoms with E-state index in [0.29, 0.717) is 22.7 Å². The van der Waals surface area contributed by atoms with Gasteiger partial charge in [0.05, 0.1) is 17.7 Å². The number of rotatable bonds is 5. The van der Waals surface area contributed by atoms with Crippen molar-refractivity contribution in [1.82, 2.24) is 4.98 Å². The van der Waals surface area contributed by atoms with E-state index in [4.69, 9.17) is 9.15 Å². The Labute approximate surface area is 170 Å². The minimum Gasteiger partial charge on any atom is -0.494 e. The topological polar surface area (TPSA) is 81.4 Å². The molecule has 0 saturated heterocycles. The maximum Gasteiger partial charge on any atom is 0.293 e. The fraction of sp³-hybridized carbons (Fsp3) is 0.136. The minimum absolute atomic E-state index is 0.0517. The molecule has 0 aliphatic carbocycles. The second kappa shape index (κ2) is 7.89. The van der Waals surface area contributed by atoms with Crippen LogP contribution in [0.5, 0.6) is 5.75 Å². The number of amides is 1. The van der Waals surface area contributed by atoms with Crippen molar-refractivity contribution in [2.45, 2.75) is 13.8 Å². The fourth-order valence-corrected chi connectivity index (χ4v) is 3.80. The van der Waals surface area contributed by atoms with Crippen molar-refractivity contribution in [1.29, 1.82) is 0 Å². The van der Waals surface area contributed by atoms with Gasteiger partial charge in [-0.25, -0.2) is 4.98 Å². The molecular weight excluding hydrogens is 388 g/mol. The molecule has 7 heteroatoms. The van der Waals surface area contributed by atoms with Gasteiger partial charge in [0.15, 0.2) is 16.3 Å². The Morgan fingerprint density at radius 2 is 1.93 bits per heavy atom. The predicted molar refractivity (Wildman–Crippen MR) is 114 cm³/mol. The lowest BCUT2D eigenvalue weighted by atomic mass is 10.1. The number of ether oxygens (including phenoxy) is 1. The number of thiazole rings is 1. The third-order valence-corrected chi connectivity index (χ3v) is 5.20. The molecule has 0 saturated carbocycles. The zero-order valence-corrected chi connectivity index (χ0v) is 16.7. The maximum atomic E-state index is 12.6. The first-order chi connectivity index (χ1) is 14.0. The van der Waals surface area contributed by atoms with E-state index in [0.717, 1.165) is 21.9 Å². The van der Waals surface area contributed by atoms with Crippen LogP contribution in [0, 0.1) is 6.92 Å². The lowest BCUT2D eigenvalue weighted by molar-refractivity contribution is 0.0997. The second-order valence-corrected chi connectivity index (χ2v) is 7.51. The number of nitrogens with zero attached hydrogens (tertiary/aromatic N) is 1. The molecule has 146 valence electrons. The first kappa shape index (κ1) is 18.9. The van der Waals surface area contributed by atoms with Crippen LogP contribution in [0.1, 0.15) is 22.4 Å². The molecule has 0 fully saturated rings. The highest BCUT2D eigenvalue weighted by molar-refractivity contribution is 7.16. The van der Waals surface area contributed by atoms with Crippen molar-refractivity contribution >= 4 is 33.3 Å². The summed E-state index contributed by atoms with van der Waals surface area (Å²) in [4.78, 5) is 30.3. The summed E-state index contributed by atoms with van der Waals surface area (Å²) in [6, 6.07) is 15.7. The zero-order valence-electron chi connectivity index (χ0n) is 15.9. The van der Waals surface area contributed by atoms with E-state index >= 15 is 0 Å². The van der Waals surface area contributed by atoms with Gasteiger partial charge in [-0.15, -0.1) is 11.3 Å². The van der Waals surface area contributed by atoms with Crippen LogP contribution >= 0.6 is 11.3 Å². The number of nitrogens with one attached hydrogen (secondary N) is 1. The molecule has 0 unspecified atom stereocenters. The molecule has 0 atom stereocenters. The van der Waals surface area contributed by atoms with E-state index in [9.17, 15) is 9.59 Å². The van der Waals surface area contributed by atoms with Gasteiger partial charge in [-0.2, -0.15) is 0 Å². The van der Waals surface area contributed by atoms with Crippen LogP contribution < -0.4 is 15.5 Å². The van der Waals surface area contributed by atoms with Crippen LogP contribution in [0.15, 0.2) is 63.8 Å². The Morgan fingerprint density at radius 1 is 1.17 bits per heavy atom. The number of carbonyl (C=O) groups is 1. The molecule has 1 amide bonds. The average Bonchev–Trinajstić information content (AvgIpc) is 3.08. The van der Waals surface area contributed by atoms with Gasteiger partial charge in [0.25, 0.3) is 5.91 Å². The van der Waals surface area contributed by atoms with Crippen molar-refractivity contribution in [2.24, 2.45) is 0 Å². The molecule has 0 spiro atoms. The van der Waals surface area contributed by atoms with Crippen molar-refractivity contribution in [2.75, 3.05) is 11.9 Å². The van der Waals surface area contributed by atoms with Crippen LogP contribution in [-0.4, -0.2) is 17.5 Å². The third kappa shape index (κ3) is 3.90. The summed E-state index contributed by atoms with van der Waals surface area (Å²) in [6.45, 7) is 4.48. The quantitative estimate of drug-likeness (QED) is 0.511. The van der Waals surface area contributed by atoms with Crippen LogP contribution in [-0.2, 0) is 0 Å². The van der Waals surface area contributed by atoms with E-state index in [2.05, 4.69) is 10.3 Å². The molecule has 6 nitrogen and oxygen atoms in total. The molecule has 29 heavy (non-hydrogen) atoms. The van der Waals surface area contributed by atoms with Crippen LogP contribution in [0.2, 0.25) is 0 Å². The molecule has 0 radical (unpaired) electrons. The molecule has 2 aromatic heterocycles. The standard InChI is InChI=1S/C22H18N2O4S/c1-3-27-15-10-8-14(9-11-15)20-13(2)29-22(23-20)24-21(26)19-12-17(25)16-6-4-5-7-18(16)28-19/h4-12H,3H2,1-2H3,(H,23,24,26). The fourth-order valence-electron chi connectivity index (χ4n) is 2.97. The van der Waals surface area contributed by atoms with Crippen molar-refractivity contribution < 1.29 is 13.9 Å². The summed E-state index contributed by atoms with van der Waals surface area (Å²) in [6.07, 6.45) is 0. The summed E-state index contributed by atoms with van der Waals surface area (Å²) < 4.78 is 11.0. The Kier molecular flexibility index (Phi) is 5.14. The highest BCUT2D eigenvalue weighted by Crippen LogP contribution is 2.31. The number of benzene rings is 2. The number of hydrogen-bond donors (Lipinski definition) is 1. The van der Waals surface area contributed by atoms with Gasteiger partial charge >= 0.3 is 0 Å². The van der Waals surface area contributed by atoms with Gasteiger partial charge < -0.3 is 9.15 Å². The number of aryl methyl sites for hydroxylation is 1. The number of para-hydroxylation sites is 1. The molecule has 0 aliphatic heterocycles. The van der Waals surface area contributed by atoms with Crippen LogP contribution in [0.3, 0.4) is 0 Å². The highest BCUT2D eigenvalue weighted by atomic mass is 32.1. The third-order valence-electron chi connectivity index (χ3n) is 4.31. The number of hydrogen-bond acceptors (Lipinski definition) is 6. The van der Waals surface area contributed by atoms with E-state index in [-0.39, 0.29) is 11.2 Å². The Morgan fingerprint density at radius 3 is 2.69 bits per heavy atom. The molecule has 4 rings (SSSR count). The number of aromatic nitrogens is 1. The number of fused-ring (bicyclic) bond motifs is 1. The lowest BCUT2D eigenvalue weighted by Crippen LogP contribution is -2.14. The SMILES string of the molecule is CCOc1ccc(-c2nc(NC(=O)c3cc(=O)c4ccccc4o3)sc2C)cc1.